The van der Waals surface area contributed by atoms with Crippen LogP contribution >= 0.6 is 46.4 Å². The van der Waals surface area contributed by atoms with E-state index in [1.54, 1.807) is 12.1 Å². The first-order valence-corrected chi connectivity index (χ1v) is 15.3. The highest BCUT2D eigenvalue weighted by Crippen LogP contribution is 2.38. The highest BCUT2D eigenvalue weighted by Gasteiger charge is 2.29. The third-order valence-corrected chi connectivity index (χ3v) is 7.53. The van der Waals surface area contributed by atoms with E-state index in [1.807, 2.05) is 6.07 Å². The van der Waals surface area contributed by atoms with Crippen LogP contribution in [-0.2, 0) is 4.79 Å². The molecule has 0 unspecified atom stereocenters. The van der Waals surface area contributed by atoms with E-state index in [2.05, 4.69) is 22.3 Å². The predicted molar refractivity (Wildman–Crippen MR) is 164 cm³/mol. The Balaban J connectivity index is 1.42. The highest BCUT2D eigenvalue weighted by molar-refractivity contribution is 6.42. The number of carbonyl (C=O) groups is 1. The molecule has 1 heterocycles. The van der Waals surface area contributed by atoms with Gasteiger partial charge in [0.25, 0.3) is 5.91 Å². The highest BCUT2D eigenvalue weighted by atomic mass is 35.5. The van der Waals surface area contributed by atoms with E-state index in [0.717, 1.165) is 17.9 Å². The molecule has 2 aromatic rings. The Bertz CT molecular complexity index is 1130. The van der Waals surface area contributed by atoms with Crippen LogP contribution in [0.1, 0.15) is 90.4 Å². The summed E-state index contributed by atoms with van der Waals surface area (Å²) in [7, 11) is 0. The molecule has 212 valence electrons. The van der Waals surface area contributed by atoms with Crippen LogP contribution in [0.5, 0.6) is 5.75 Å². The molecule has 10 heteroatoms. The van der Waals surface area contributed by atoms with E-state index < -0.39 is 0 Å². The van der Waals surface area contributed by atoms with Crippen LogP contribution in [0.3, 0.4) is 0 Å². The van der Waals surface area contributed by atoms with Gasteiger partial charge < -0.3 is 4.74 Å². The summed E-state index contributed by atoms with van der Waals surface area (Å²) in [6.45, 7) is 2.89. The summed E-state index contributed by atoms with van der Waals surface area (Å²) in [5, 5.41) is 14.9. The van der Waals surface area contributed by atoms with E-state index in [0.29, 0.717) is 28.1 Å². The van der Waals surface area contributed by atoms with Gasteiger partial charge in [0.1, 0.15) is 17.1 Å². The van der Waals surface area contributed by atoms with Crippen LogP contribution in [0.25, 0.3) is 0 Å². The number of azo groups is 1. The molecule has 0 atom stereocenters. The maximum absolute atomic E-state index is 12.5. The fraction of sp³-hybridized carbons (Fsp3) is 0.517. The Morgan fingerprint density at radius 2 is 1.38 bits per heavy atom. The van der Waals surface area contributed by atoms with Gasteiger partial charge >= 0.3 is 0 Å². The van der Waals surface area contributed by atoms with Gasteiger partial charge in [-0.15, -0.1) is 15.3 Å². The van der Waals surface area contributed by atoms with Gasteiger partial charge in [0.2, 0.25) is 0 Å². The molecule has 0 N–H and O–H groups in total. The van der Waals surface area contributed by atoms with Crippen molar-refractivity contribution in [1.29, 1.82) is 0 Å². The van der Waals surface area contributed by atoms with Crippen LogP contribution in [0, 0.1) is 0 Å². The average molecular weight is 614 g/mol. The largest absolute Gasteiger partial charge is 0.494 e. The van der Waals surface area contributed by atoms with Crippen LogP contribution < -0.4 is 9.75 Å². The van der Waals surface area contributed by atoms with Gasteiger partial charge in [-0.1, -0.05) is 124 Å². The number of halogens is 4. The first-order valence-electron chi connectivity index (χ1n) is 13.8. The number of amides is 1. The molecule has 1 amide bonds. The Kier molecular flexibility index (Phi) is 13.9. The Morgan fingerprint density at radius 1 is 0.795 bits per heavy atom. The van der Waals surface area contributed by atoms with Gasteiger partial charge in [-0.05, 0) is 30.7 Å². The Morgan fingerprint density at radius 3 is 2.00 bits per heavy atom. The summed E-state index contributed by atoms with van der Waals surface area (Å²) >= 11 is 24.7. The van der Waals surface area contributed by atoms with Crippen molar-refractivity contribution >= 4 is 69.5 Å². The summed E-state index contributed by atoms with van der Waals surface area (Å²) in [6.07, 6.45) is 15.5. The smallest absolute Gasteiger partial charge is 0.255 e. The number of hydrogen-bond acceptors (Lipinski definition) is 5. The topological polar surface area (TPSA) is 66.6 Å². The maximum Gasteiger partial charge on any atom is 0.255 e. The molecule has 0 aromatic heterocycles. The minimum absolute atomic E-state index is 0.0500. The van der Waals surface area contributed by atoms with Crippen molar-refractivity contribution in [2.75, 3.05) is 11.6 Å². The molecule has 1 aliphatic heterocycles. The lowest BCUT2D eigenvalue weighted by Gasteiger charge is -2.15. The Hall–Kier alpha value is -1.86. The van der Waals surface area contributed by atoms with Crippen LogP contribution in [-0.4, -0.2) is 18.3 Å². The normalized spacial score (nSPS) is 13.5. The van der Waals surface area contributed by atoms with Crippen molar-refractivity contribution in [3.63, 3.8) is 0 Å². The molecule has 0 spiro atoms. The van der Waals surface area contributed by atoms with Crippen molar-refractivity contribution in [2.45, 2.75) is 90.4 Å². The zero-order valence-electron chi connectivity index (χ0n) is 22.4. The molecule has 0 bridgehead atoms. The third-order valence-electron chi connectivity index (χ3n) is 6.41. The zero-order valence-corrected chi connectivity index (χ0v) is 25.4. The first-order chi connectivity index (χ1) is 18.9. The summed E-state index contributed by atoms with van der Waals surface area (Å²) in [4.78, 5) is 12.5. The molecule has 3 rings (SSSR count). The van der Waals surface area contributed by atoms with Crippen LogP contribution in [0.15, 0.2) is 45.7 Å². The van der Waals surface area contributed by atoms with Crippen LogP contribution in [0.4, 0.5) is 11.4 Å². The molecule has 2 aromatic carbocycles. The minimum atomic E-state index is -0.333. The molecule has 0 saturated carbocycles. The van der Waals surface area contributed by atoms with Gasteiger partial charge in [-0.2, -0.15) is 5.01 Å². The number of anilines is 1. The van der Waals surface area contributed by atoms with Gasteiger partial charge in [0.15, 0.2) is 5.84 Å². The van der Waals surface area contributed by atoms with Crippen molar-refractivity contribution in [1.82, 2.24) is 0 Å². The van der Waals surface area contributed by atoms with Crippen LogP contribution in [0.2, 0.25) is 20.1 Å². The number of ether oxygens (including phenoxy) is 1. The second-order valence-corrected chi connectivity index (χ2v) is 11.3. The summed E-state index contributed by atoms with van der Waals surface area (Å²) in [5.74, 6) is 0.545. The molecule has 39 heavy (non-hydrogen) atoms. The lowest BCUT2D eigenvalue weighted by molar-refractivity contribution is -0.116. The molecule has 0 radical (unpaired) electrons. The summed E-state index contributed by atoms with van der Waals surface area (Å²) in [5.41, 5.74) is 0.684. The molecular weight excluding hydrogens is 578 g/mol. The van der Waals surface area contributed by atoms with Crippen molar-refractivity contribution in [3.8, 4) is 5.75 Å². The zero-order chi connectivity index (χ0) is 28.0. The lowest BCUT2D eigenvalue weighted by atomic mass is 10.1. The first kappa shape index (κ1) is 31.7. The van der Waals surface area contributed by atoms with E-state index in [4.69, 9.17) is 51.1 Å². The predicted octanol–water partition coefficient (Wildman–Crippen LogP) is 11.2. The number of unbranched alkanes of at least 4 members (excludes halogenated alkanes) is 11. The standard InChI is InChI=1S/C29H36Cl4N4O2/c1-2-3-4-5-6-7-8-9-10-11-12-13-16-39-22-14-15-23(31)26(19-22)34-35-27-20-28(38)37(36-27)29-24(32)17-21(30)18-25(29)33/h14-15,17-19H,2-13,16,20H2,1H3. The van der Waals surface area contributed by atoms with Crippen molar-refractivity contribution in [3.05, 3.63) is 50.4 Å². The monoisotopic (exact) mass is 612 g/mol. The molecule has 0 aliphatic carbocycles. The number of benzene rings is 2. The minimum Gasteiger partial charge on any atom is -0.494 e. The SMILES string of the molecule is CCCCCCCCCCCCCCOc1ccc(Cl)c(N=NC2=NN(c3c(Cl)cc(Cl)cc3Cl)C(=O)C2)c1. The number of rotatable bonds is 16. The van der Waals surface area contributed by atoms with Crippen molar-refractivity contribution in [2.24, 2.45) is 15.3 Å². The number of hydrogen-bond donors (Lipinski definition) is 0. The van der Waals surface area contributed by atoms with E-state index >= 15 is 0 Å². The molecule has 0 fully saturated rings. The average Bonchev–Trinajstić information content (AvgIpc) is 3.26. The molecule has 0 saturated heterocycles. The molecule has 1 aliphatic rings. The van der Waals surface area contributed by atoms with Gasteiger partial charge in [-0.3, -0.25) is 4.79 Å². The maximum atomic E-state index is 12.5. The van der Waals surface area contributed by atoms with E-state index in [-0.39, 0.29) is 33.9 Å². The Labute approximate surface area is 251 Å². The van der Waals surface area contributed by atoms with E-state index in [1.165, 1.54) is 76.3 Å². The van der Waals surface area contributed by atoms with Gasteiger partial charge in [0, 0.05) is 11.1 Å². The second-order valence-electron chi connectivity index (χ2n) is 9.67. The van der Waals surface area contributed by atoms with Gasteiger partial charge in [-0.25, -0.2) is 0 Å². The molecular formula is C29H36Cl4N4O2. The fourth-order valence-electron chi connectivity index (χ4n) is 4.29. The summed E-state index contributed by atoms with van der Waals surface area (Å²) in [6, 6.07) is 8.25. The summed E-state index contributed by atoms with van der Waals surface area (Å²) < 4.78 is 5.90. The molecule has 6 nitrogen and oxygen atoms in total. The van der Waals surface area contributed by atoms with Gasteiger partial charge in [0.05, 0.1) is 28.1 Å². The van der Waals surface area contributed by atoms with E-state index in [9.17, 15) is 4.79 Å². The second kappa shape index (κ2) is 17.1. The number of amidine groups is 1. The number of carbonyl (C=O) groups excluding carboxylic acids is 1. The van der Waals surface area contributed by atoms with Crippen molar-refractivity contribution < 1.29 is 9.53 Å². The quantitative estimate of drug-likeness (QED) is 0.139. The number of hydrazone groups is 1. The lowest BCUT2D eigenvalue weighted by Crippen LogP contribution is -2.20. The fourth-order valence-corrected chi connectivity index (χ4v) is 5.42. The number of nitrogens with zero attached hydrogens (tertiary/aromatic N) is 4. The third kappa shape index (κ3) is 10.6.